The van der Waals surface area contributed by atoms with Crippen molar-refractivity contribution in [3.05, 3.63) is 48.5 Å². The van der Waals surface area contributed by atoms with Gasteiger partial charge in [0.25, 0.3) is 0 Å². The molecule has 130 valence electrons. The number of anilines is 1. The second-order valence-electron chi connectivity index (χ2n) is 6.77. The lowest BCUT2D eigenvalue weighted by atomic mass is 10.1. The summed E-state index contributed by atoms with van der Waals surface area (Å²) in [5, 5.41) is 11.3. The van der Waals surface area contributed by atoms with E-state index in [0.29, 0.717) is 12.6 Å². The molecule has 4 heteroatoms. The van der Waals surface area contributed by atoms with Crippen LogP contribution in [0.2, 0.25) is 0 Å². The predicted molar refractivity (Wildman–Crippen MR) is 108 cm³/mol. The first-order valence-corrected chi connectivity index (χ1v) is 9.94. The molecule has 1 aliphatic rings. The zero-order valence-electron chi connectivity index (χ0n) is 14.7. The highest BCUT2D eigenvalue weighted by molar-refractivity contribution is 7.99. The maximum absolute atomic E-state index is 10.1. The van der Waals surface area contributed by atoms with Gasteiger partial charge in [0, 0.05) is 45.3 Å². The van der Waals surface area contributed by atoms with Gasteiger partial charge in [-0.1, -0.05) is 25.1 Å². The molecule has 2 heterocycles. The van der Waals surface area contributed by atoms with Crippen LogP contribution in [-0.4, -0.2) is 34.5 Å². The van der Waals surface area contributed by atoms with Gasteiger partial charge in [0.1, 0.15) is 0 Å². The maximum atomic E-state index is 10.1. The molecule has 2 unspecified atom stereocenters. The lowest BCUT2D eigenvalue weighted by Gasteiger charge is -2.26. The van der Waals surface area contributed by atoms with E-state index in [2.05, 4.69) is 72.3 Å². The third-order valence-corrected chi connectivity index (χ3v) is 5.84. The van der Waals surface area contributed by atoms with Crippen molar-refractivity contribution < 1.29 is 5.11 Å². The van der Waals surface area contributed by atoms with E-state index >= 15 is 0 Å². The first-order chi connectivity index (χ1) is 12.2. The molecular weight excluding hydrogens is 328 g/mol. The van der Waals surface area contributed by atoms with Crippen LogP contribution in [0.25, 0.3) is 22.2 Å². The number of hydrogen-bond acceptors (Lipinski definition) is 3. The Hall–Kier alpha value is -1.91. The largest absolute Gasteiger partial charge is 0.391 e. The second kappa shape index (κ2) is 6.77. The Morgan fingerprint density at radius 2 is 2.04 bits per heavy atom. The summed E-state index contributed by atoms with van der Waals surface area (Å²) in [5.41, 5.74) is 4.72. The van der Waals surface area contributed by atoms with Crippen molar-refractivity contribution in [3.8, 4) is 11.3 Å². The first kappa shape index (κ1) is 16.6. The number of fused-ring (bicyclic) bond motifs is 1. The fourth-order valence-corrected chi connectivity index (χ4v) is 4.49. The van der Waals surface area contributed by atoms with Crippen molar-refractivity contribution in [3.63, 3.8) is 0 Å². The molecule has 3 aromatic rings. The summed E-state index contributed by atoms with van der Waals surface area (Å²) in [6.45, 7) is 5.08. The molecule has 25 heavy (non-hydrogen) atoms. The number of β-amino-alcohol motifs (C(OH)–C–C–N with tert-alkyl or cyclic N) is 1. The smallest absolute Gasteiger partial charge is 0.0734 e. The molecule has 0 radical (unpaired) electrons. The topological polar surface area (TPSA) is 39.3 Å². The number of nitrogens with one attached hydrogen (secondary N) is 1. The Bertz CT molecular complexity index is 855. The van der Waals surface area contributed by atoms with Crippen molar-refractivity contribution in [1.29, 1.82) is 0 Å². The number of rotatable bonds is 4. The van der Waals surface area contributed by atoms with E-state index in [0.717, 1.165) is 23.4 Å². The van der Waals surface area contributed by atoms with Crippen LogP contribution in [0.15, 0.2) is 53.4 Å². The fourth-order valence-electron chi connectivity index (χ4n) is 3.79. The van der Waals surface area contributed by atoms with Crippen LogP contribution < -0.4 is 4.90 Å². The van der Waals surface area contributed by atoms with Gasteiger partial charge in [-0.25, -0.2) is 0 Å². The van der Waals surface area contributed by atoms with Gasteiger partial charge in [-0.3, -0.25) is 0 Å². The van der Waals surface area contributed by atoms with Gasteiger partial charge in [-0.15, -0.1) is 11.8 Å². The third-order valence-electron chi connectivity index (χ3n) is 4.96. The summed E-state index contributed by atoms with van der Waals surface area (Å²) in [7, 11) is 0. The number of aromatic nitrogens is 1. The summed E-state index contributed by atoms with van der Waals surface area (Å²) in [4.78, 5) is 7.20. The molecule has 1 fully saturated rings. The van der Waals surface area contributed by atoms with Gasteiger partial charge in [0.15, 0.2) is 0 Å². The molecule has 1 aliphatic heterocycles. The third kappa shape index (κ3) is 3.16. The SMILES string of the molecule is CCSc1ccc(N2CC(O)CC2C)c(-c2cc3ccccc3[nH]2)c1. The van der Waals surface area contributed by atoms with Gasteiger partial charge in [-0.2, -0.15) is 0 Å². The van der Waals surface area contributed by atoms with E-state index in [1.54, 1.807) is 0 Å². The fraction of sp³-hybridized carbons (Fsp3) is 0.333. The highest BCUT2D eigenvalue weighted by atomic mass is 32.2. The molecule has 2 aromatic carbocycles. The van der Waals surface area contributed by atoms with Gasteiger partial charge >= 0.3 is 0 Å². The highest BCUT2D eigenvalue weighted by Gasteiger charge is 2.29. The molecule has 1 aromatic heterocycles. The average Bonchev–Trinajstić information content (AvgIpc) is 3.18. The molecule has 0 spiro atoms. The molecule has 2 N–H and O–H groups in total. The Balaban J connectivity index is 1.84. The number of H-pyrrole nitrogens is 1. The van der Waals surface area contributed by atoms with E-state index in [4.69, 9.17) is 0 Å². The highest BCUT2D eigenvalue weighted by Crippen LogP contribution is 2.38. The molecular formula is C21H24N2OS. The number of nitrogens with zero attached hydrogens (tertiary/aromatic N) is 1. The molecule has 1 saturated heterocycles. The van der Waals surface area contributed by atoms with Crippen LogP contribution in [0.1, 0.15) is 20.3 Å². The van der Waals surface area contributed by atoms with Crippen LogP contribution >= 0.6 is 11.8 Å². The zero-order valence-corrected chi connectivity index (χ0v) is 15.5. The minimum absolute atomic E-state index is 0.241. The quantitative estimate of drug-likeness (QED) is 0.656. The Kier molecular flexibility index (Phi) is 4.48. The minimum Gasteiger partial charge on any atom is -0.391 e. The van der Waals surface area contributed by atoms with Crippen LogP contribution in [0.4, 0.5) is 5.69 Å². The standard InChI is InChI=1S/C21H24N2OS/c1-3-25-17-8-9-21(23-13-16(24)10-14(23)2)18(12-17)20-11-15-6-4-5-7-19(15)22-20/h4-9,11-12,14,16,22,24H,3,10,13H2,1-2H3. The number of aromatic amines is 1. The van der Waals surface area contributed by atoms with E-state index in [1.807, 2.05) is 11.8 Å². The first-order valence-electron chi connectivity index (χ1n) is 8.95. The number of aliphatic hydroxyl groups is 1. The van der Waals surface area contributed by atoms with Gasteiger partial charge in [0.2, 0.25) is 0 Å². The Labute approximate surface area is 153 Å². The summed E-state index contributed by atoms with van der Waals surface area (Å²) < 4.78 is 0. The second-order valence-corrected chi connectivity index (χ2v) is 8.11. The van der Waals surface area contributed by atoms with Gasteiger partial charge < -0.3 is 15.0 Å². The van der Waals surface area contributed by atoms with Gasteiger partial charge in [0.05, 0.1) is 6.10 Å². The number of thioether (sulfide) groups is 1. The number of benzene rings is 2. The summed E-state index contributed by atoms with van der Waals surface area (Å²) in [6.07, 6.45) is 0.590. The molecule has 0 saturated carbocycles. The normalized spacial score (nSPS) is 20.5. The maximum Gasteiger partial charge on any atom is 0.0734 e. The van der Waals surface area contributed by atoms with Crippen LogP contribution in [0, 0.1) is 0 Å². The lowest BCUT2D eigenvalue weighted by molar-refractivity contribution is 0.195. The van der Waals surface area contributed by atoms with E-state index in [-0.39, 0.29) is 6.10 Å². The van der Waals surface area contributed by atoms with Crippen molar-refractivity contribution in [2.45, 2.75) is 37.3 Å². The van der Waals surface area contributed by atoms with Gasteiger partial charge in [-0.05, 0) is 49.4 Å². The predicted octanol–water partition coefficient (Wildman–Crippen LogP) is 4.91. The van der Waals surface area contributed by atoms with Crippen molar-refractivity contribution in [2.75, 3.05) is 17.2 Å². The van der Waals surface area contributed by atoms with E-state index < -0.39 is 0 Å². The monoisotopic (exact) mass is 352 g/mol. The van der Waals surface area contributed by atoms with Crippen molar-refractivity contribution in [2.24, 2.45) is 0 Å². The molecule has 2 atom stereocenters. The van der Waals surface area contributed by atoms with E-state index in [9.17, 15) is 5.11 Å². The minimum atomic E-state index is -0.241. The molecule has 0 amide bonds. The van der Waals surface area contributed by atoms with Crippen LogP contribution in [0.3, 0.4) is 0 Å². The molecule has 0 aliphatic carbocycles. The number of para-hydroxylation sites is 1. The number of hydrogen-bond donors (Lipinski definition) is 2. The average molecular weight is 353 g/mol. The summed E-state index contributed by atoms with van der Waals surface area (Å²) in [6, 6.07) is 17.7. The van der Waals surface area contributed by atoms with Crippen LogP contribution in [0.5, 0.6) is 0 Å². The Morgan fingerprint density at radius 3 is 2.76 bits per heavy atom. The molecule has 4 rings (SSSR count). The lowest BCUT2D eigenvalue weighted by Crippen LogP contribution is -2.27. The zero-order chi connectivity index (χ0) is 17.4. The molecule has 3 nitrogen and oxygen atoms in total. The van der Waals surface area contributed by atoms with Crippen molar-refractivity contribution in [1.82, 2.24) is 4.98 Å². The summed E-state index contributed by atoms with van der Waals surface area (Å²) >= 11 is 1.86. The van der Waals surface area contributed by atoms with Crippen LogP contribution in [-0.2, 0) is 0 Å². The molecule has 0 bridgehead atoms. The van der Waals surface area contributed by atoms with E-state index in [1.165, 1.54) is 21.5 Å². The number of aliphatic hydroxyl groups excluding tert-OH is 1. The summed E-state index contributed by atoms with van der Waals surface area (Å²) in [5.74, 6) is 1.06. The Morgan fingerprint density at radius 1 is 1.20 bits per heavy atom. The van der Waals surface area contributed by atoms with Crippen molar-refractivity contribution >= 4 is 28.4 Å².